The Bertz CT molecular complexity index is 408. The fraction of sp³-hybridized carbons (Fsp3) is 0.417. The van der Waals surface area contributed by atoms with Crippen LogP contribution in [0, 0.1) is 11.8 Å². The highest BCUT2D eigenvalue weighted by Gasteiger charge is 2.46. The molecular formula is C12H12BrNO. The van der Waals surface area contributed by atoms with Crippen LogP contribution in [0.3, 0.4) is 0 Å². The maximum Gasteiger partial charge on any atom is 0.253 e. The number of benzene rings is 1. The molecule has 2 atom stereocenters. The summed E-state index contributed by atoms with van der Waals surface area (Å²) in [6, 6.07) is 7.63. The molecular weight excluding hydrogens is 254 g/mol. The van der Waals surface area contributed by atoms with E-state index < -0.39 is 0 Å². The van der Waals surface area contributed by atoms with Gasteiger partial charge in [-0.1, -0.05) is 22.0 Å². The molecule has 1 aliphatic heterocycles. The van der Waals surface area contributed by atoms with Crippen LogP contribution in [0.25, 0.3) is 0 Å². The third-order valence-corrected chi connectivity index (χ3v) is 3.83. The molecule has 1 aliphatic carbocycles. The van der Waals surface area contributed by atoms with Crippen LogP contribution in [0.5, 0.6) is 0 Å². The lowest BCUT2D eigenvalue weighted by Gasteiger charge is -2.17. The highest BCUT2D eigenvalue weighted by Crippen LogP contribution is 2.45. The van der Waals surface area contributed by atoms with E-state index in [9.17, 15) is 4.79 Å². The number of hydrogen-bond donors (Lipinski definition) is 0. The Hall–Kier alpha value is -0.830. The highest BCUT2D eigenvalue weighted by molar-refractivity contribution is 9.10. The first-order valence-corrected chi connectivity index (χ1v) is 6.08. The molecule has 3 heteroatoms. The van der Waals surface area contributed by atoms with Gasteiger partial charge in [0.1, 0.15) is 0 Å². The normalized spacial score (nSPS) is 27.7. The molecule has 0 bridgehead atoms. The summed E-state index contributed by atoms with van der Waals surface area (Å²) in [5.41, 5.74) is 0.797. The second-order valence-electron chi connectivity index (χ2n) is 4.48. The predicted octanol–water partition coefficient (Wildman–Crippen LogP) is 2.54. The summed E-state index contributed by atoms with van der Waals surface area (Å²) in [5.74, 6) is 1.80. The summed E-state index contributed by atoms with van der Waals surface area (Å²) in [4.78, 5) is 14.1. The standard InChI is InChI=1S/C12H12BrNO/c13-11-3-1-2-8(5-11)12(15)14-6-9-4-10(9)7-14/h1-3,5,9-10H,4,6-7H2. The monoisotopic (exact) mass is 265 g/mol. The highest BCUT2D eigenvalue weighted by atomic mass is 79.9. The minimum absolute atomic E-state index is 0.184. The van der Waals surface area contributed by atoms with Crippen LogP contribution in [0.15, 0.2) is 28.7 Å². The van der Waals surface area contributed by atoms with Gasteiger partial charge in [-0.25, -0.2) is 0 Å². The van der Waals surface area contributed by atoms with E-state index in [0.29, 0.717) is 0 Å². The van der Waals surface area contributed by atoms with Gasteiger partial charge in [-0.15, -0.1) is 0 Å². The van der Waals surface area contributed by atoms with Crippen LogP contribution in [-0.4, -0.2) is 23.9 Å². The van der Waals surface area contributed by atoms with Gasteiger partial charge in [0.15, 0.2) is 0 Å². The van der Waals surface area contributed by atoms with Crippen molar-refractivity contribution in [2.24, 2.45) is 11.8 Å². The van der Waals surface area contributed by atoms with E-state index in [-0.39, 0.29) is 5.91 Å². The molecule has 15 heavy (non-hydrogen) atoms. The zero-order valence-corrected chi connectivity index (χ0v) is 9.90. The van der Waals surface area contributed by atoms with Crippen molar-refractivity contribution in [2.75, 3.05) is 13.1 Å². The van der Waals surface area contributed by atoms with Gasteiger partial charge in [-0.05, 0) is 36.5 Å². The van der Waals surface area contributed by atoms with E-state index >= 15 is 0 Å². The summed E-state index contributed by atoms with van der Waals surface area (Å²) in [6.45, 7) is 1.94. The molecule has 3 rings (SSSR count). The Morgan fingerprint density at radius 3 is 2.73 bits per heavy atom. The summed E-state index contributed by atoms with van der Waals surface area (Å²) in [5, 5.41) is 0. The number of nitrogens with zero attached hydrogens (tertiary/aromatic N) is 1. The maximum absolute atomic E-state index is 12.1. The smallest absolute Gasteiger partial charge is 0.253 e. The number of rotatable bonds is 1. The lowest BCUT2D eigenvalue weighted by atomic mass is 10.2. The molecule has 0 radical (unpaired) electrons. The number of likely N-dealkylation sites (tertiary alicyclic amines) is 1. The first-order valence-electron chi connectivity index (χ1n) is 5.29. The molecule has 0 spiro atoms. The number of carbonyl (C=O) groups is 1. The van der Waals surface area contributed by atoms with Gasteiger partial charge in [-0.3, -0.25) is 4.79 Å². The average Bonchev–Trinajstić information content (AvgIpc) is 2.85. The topological polar surface area (TPSA) is 20.3 Å². The number of amides is 1. The van der Waals surface area contributed by atoms with Crippen LogP contribution in [0.2, 0.25) is 0 Å². The summed E-state index contributed by atoms with van der Waals surface area (Å²) < 4.78 is 0.970. The molecule has 2 fully saturated rings. The molecule has 78 valence electrons. The first-order chi connectivity index (χ1) is 7.24. The minimum Gasteiger partial charge on any atom is -0.338 e. The van der Waals surface area contributed by atoms with Gasteiger partial charge in [0.25, 0.3) is 5.91 Å². The number of piperidine rings is 1. The van der Waals surface area contributed by atoms with Gasteiger partial charge in [0, 0.05) is 23.1 Å². The molecule has 2 unspecified atom stereocenters. The van der Waals surface area contributed by atoms with Gasteiger partial charge < -0.3 is 4.90 Å². The van der Waals surface area contributed by atoms with Crippen molar-refractivity contribution in [3.05, 3.63) is 34.3 Å². The largest absolute Gasteiger partial charge is 0.338 e. The Labute approximate surface area is 97.4 Å². The summed E-state index contributed by atoms with van der Waals surface area (Å²) >= 11 is 3.39. The van der Waals surface area contributed by atoms with Crippen molar-refractivity contribution in [1.29, 1.82) is 0 Å². The lowest BCUT2D eigenvalue weighted by molar-refractivity contribution is 0.0775. The van der Waals surface area contributed by atoms with Crippen molar-refractivity contribution < 1.29 is 4.79 Å². The van der Waals surface area contributed by atoms with E-state index in [1.165, 1.54) is 6.42 Å². The average molecular weight is 266 g/mol. The third kappa shape index (κ3) is 1.69. The fourth-order valence-corrected chi connectivity index (χ4v) is 2.77. The molecule has 1 saturated carbocycles. The summed E-state index contributed by atoms with van der Waals surface area (Å²) in [7, 11) is 0. The molecule has 0 aromatic heterocycles. The van der Waals surface area contributed by atoms with Crippen molar-refractivity contribution in [3.8, 4) is 0 Å². The van der Waals surface area contributed by atoms with Crippen molar-refractivity contribution >= 4 is 21.8 Å². The molecule has 0 N–H and O–H groups in total. The van der Waals surface area contributed by atoms with E-state index in [1.807, 2.05) is 29.2 Å². The second kappa shape index (κ2) is 3.34. The van der Waals surface area contributed by atoms with Gasteiger partial charge in [0.05, 0.1) is 0 Å². The quantitative estimate of drug-likeness (QED) is 0.765. The molecule has 2 aliphatic rings. The van der Waals surface area contributed by atoms with Crippen molar-refractivity contribution in [1.82, 2.24) is 4.90 Å². The zero-order valence-electron chi connectivity index (χ0n) is 8.32. The van der Waals surface area contributed by atoms with Crippen molar-refractivity contribution in [3.63, 3.8) is 0 Å². The van der Waals surface area contributed by atoms with Crippen LogP contribution in [0.4, 0.5) is 0 Å². The third-order valence-electron chi connectivity index (χ3n) is 3.34. The number of hydrogen-bond acceptors (Lipinski definition) is 1. The molecule has 1 aromatic rings. The van der Waals surface area contributed by atoms with Crippen LogP contribution < -0.4 is 0 Å². The van der Waals surface area contributed by atoms with Crippen LogP contribution >= 0.6 is 15.9 Å². The second-order valence-corrected chi connectivity index (χ2v) is 5.39. The zero-order chi connectivity index (χ0) is 10.4. The summed E-state index contributed by atoms with van der Waals surface area (Å²) in [6.07, 6.45) is 1.34. The van der Waals surface area contributed by atoms with Crippen LogP contribution in [-0.2, 0) is 0 Å². The van der Waals surface area contributed by atoms with Gasteiger partial charge in [-0.2, -0.15) is 0 Å². The van der Waals surface area contributed by atoms with E-state index in [4.69, 9.17) is 0 Å². The molecule has 1 saturated heterocycles. The fourth-order valence-electron chi connectivity index (χ4n) is 2.37. The van der Waals surface area contributed by atoms with E-state index in [1.54, 1.807) is 0 Å². The Balaban J connectivity index is 1.79. The maximum atomic E-state index is 12.1. The molecule has 1 aromatic carbocycles. The SMILES string of the molecule is O=C(c1cccc(Br)c1)N1CC2CC2C1. The van der Waals surface area contributed by atoms with Crippen molar-refractivity contribution in [2.45, 2.75) is 6.42 Å². The number of halogens is 1. The Kier molecular flexibility index (Phi) is 2.09. The first kappa shape index (κ1) is 9.40. The van der Waals surface area contributed by atoms with E-state index in [0.717, 1.165) is 35.0 Å². The molecule has 1 amide bonds. The number of fused-ring (bicyclic) bond motifs is 1. The van der Waals surface area contributed by atoms with Gasteiger partial charge in [0.2, 0.25) is 0 Å². The number of carbonyl (C=O) groups excluding carboxylic acids is 1. The van der Waals surface area contributed by atoms with Gasteiger partial charge >= 0.3 is 0 Å². The van der Waals surface area contributed by atoms with E-state index in [2.05, 4.69) is 15.9 Å². The Morgan fingerprint density at radius 1 is 1.33 bits per heavy atom. The Morgan fingerprint density at radius 2 is 2.07 bits per heavy atom. The molecule has 1 heterocycles. The van der Waals surface area contributed by atoms with Crippen LogP contribution in [0.1, 0.15) is 16.8 Å². The molecule has 2 nitrogen and oxygen atoms in total. The minimum atomic E-state index is 0.184. The predicted molar refractivity (Wildman–Crippen MR) is 61.6 cm³/mol. The lowest BCUT2D eigenvalue weighted by Crippen LogP contribution is -2.30.